The first-order valence-corrected chi connectivity index (χ1v) is 9.04. The highest BCUT2D eigenvalue weighted by Crippen LogP contribution is 2.35. The minimum Gasteiger partial charge on any atom is -0.273 e. The average Bonchev–Trinajstić information content (AvgIpc) is 3.14. The molecule has 2 amide bonds. The highest BCUT2D eigenvalue weighted by Gasteiger charge is 2.41. The molecule has 0 fully saturated rings. The van der Waals surface area contributed by atoms with E-state index >= 15 is 0 Å². The standard InChI is InChI=1S/C17H13ClN4O3S/c1-3-21-15(23)12-9-8-10(18)26-14(9)17(25)22(13(12)16(21)24)20(2)11-6-4-5-7-19-11/h4-8H,3H2,1-2H3. The lowest BCUT2D eigenvalue weighted by atomic mass is 10.1. The number of fused-ring (bicyclic) bond motifs is 3. The van der Waals surface area contributed by atoms with Crippen molar-refractivity contribution < 1.29 is 9.59 Å². The van der Waals surface area contributed by atoms with E-state index in [4.69, 9.17) is 11.6 Å². The molecule has 0 aromatic carbocycles. The molecule has 4 rings (SSSR count). The lowest BCUT2D eigenvalue weighted by Gasteiger charge is -2.23. The smallest absolute Gasteiger partial charge is 0.273 e. The fourth-order valence-corrected chi connectivity index (χ4v) is 4.28. The third kappa shape index (κ3) is 2.19. The summed E-state index contributed by atoms with van der Waals surface area (Å²) in [4.78, 5) is 44.1. The van der Waals surface area contributed by atoms with Gasteiger partial charge in [0, 0.05) is 25.2 Å². The number of imide groups is 1. The van der Waals surface area contributed by atoms with Gasteiger partial charge in [0.15, 0.2) is 0 Å². The van der Waals surface area contributed by atoms with Gasteiger partial charge in [0.25, 0.3) is 17.4 Å². The number of hydrogen-bond acceptors (Lipinski definition) is 6. The van der Waals surface area contributed by atoms with E-state index in [0.29, 0.717) is 20.2 Å². The topological polar surface area (TPSA) is 75.5 Å². The largest absolute Gasteiger partial charge is 0.288 e. The number of amides is 2. The molecule has 0 unspecified atom stereocenters. The monoisotopic (exact) mass is 388 g/mol. The maximum absolute atomic E-state index is 13.1. The average molecular weight is 389 g/mol. The Kier molecular flexibility index (Phi) is 3.82. The Bertz CT molecular complexity index is 1120. The summed E-state index contributed by atoms with van der Waals surface area (Å²) in [6.45, 7) is 1.93. The van der Waals surface area contributed by atoms with Gasteiger partial charge in [-0.05, 0) is 25.1 Å². The van der Waals surface area contributed by atoms with Crippen molar-refractivity contribution in [2.75, 3.05) is 18.6 Å². The maximum Gasteiger partial charge on any atom is 0.288 e. The van der Waals surface area contributed by atoms with Gasteiger partial charge in [0.05, 0.1) is 9.90 Å². The first-order chi connectivity index (χ1) is 12.5. The van der Waals surface area contributed by atoms with Crippen LogP contribution < -0.4 is 10.6 Å². The Balaban J connectivity index is 2.11. The van der Waals surface area contributed by atoms with Crippen LogP contribution in [0.25, 0.3) is 10.1 Å². The summed E-state index contributed by atoms with van der Waals surface area (Å²) in [6.07, 6.45) is 1.59. The molecule has 7 nitrogen and oxygen atoms in total. The zero-order valence-electron chi connectivity index (χ0n) is 13.9. The second-order valence-corrected chi connectivity index (χ2v) is 7.38. The van der Waals surface area contributed by atoms with E-state index in [9.17, 15) is 14.4 Å². The van der Waals surface area contributed by atoms with Crippen molar-refractivity contribution >= 4 is 50.7 Å². The van der Waals surface area contributed by atoms with E-state index in [0.717, 1.165) is 16.2 Å². The van der Waals surface area contributed by atoms with Crippen LogP contribution in [0, 0.1) is 0 Å². The highest BCUT2D eigenvalue weighted by atomic mass is 35.5. The number of halogens is 1. The quantitative estimate of drug-likeness (QED) is 0.645. The van der Waals surface area contributed by atoms with E-state index < -0.39 is 17.4 Å². The molecule has 0 radical (unpaired) electrons. The predicted octanol–water partition coefficient (Wildman–Crippen LogP) is 2.63. The van der Waals surface area contributed by atoms with Crippen LogP contribution in [-0.4, -0.2) is 40.0 Å². The molecule has 0 N–H and O–H groups in total. The molecule has 0 aliphatic carbocycles. The first kappa shape index (κ1) is 16.7. The van der Waals surface area contributed by atoms with Gasteiger partial charge in [-0.1, -0.05) is 17.7 Å². The van der Waals surface area contributed by atoms with E-state index in [-0.39, 0.29) is 17.8 Å². The SMILES string of the molecule is CCN1C(=O)c2c(n(N(C)c3ccccn3)c(=O)c3sc(Cl)cc23)C1=O. The summed E-state index contributed by atoms with van der Waals surface area (Å²) in [6, 6.07) is 6.80. The third-order valence-electron chi connectivity index (χ3n) is 4.31. The number of carbonyl (C=O) groups excluding carboxylic acids is 2. The minimum absolute atomic E-state index is 0.0389. The number of aromatic nitrogens is 2. The van der Waals surface area contributed by atoms with Crippen molar-refractivity contribution in [2.45, 2.75) is 6.92 Å². The van der Waals surface area contributed by atoms with Crippen LogP contribution in [0.3, 0.4) is 0 Å². The Labute approximate surface area is 157 Å². The maximum atomic E-state index is 13.1. The van der Waals surface area contributed by atoms with Crippen LogP contribution in [0.15, 0.2) is 35.3 Å². The molecule has 3 aromatic heterocycles. The van der Waals surface area contributed by atoms with Crippen LogP contribution in [0.5, 0.6) is 0 Å². The fourth-order valence-electron chi connectivity index (χ4n) is 3.13. The summed E-state index contributed by atoms with van der Waals surface area (Å²) in [7, 11) is 1.62. The highest BCUT2D eigenvalue weighted by molar-refractivity contribution is 7.22. The Hall–Kier alpha value is -2.71. The normalized spacial score (nSPS) is 13.6. The Morgan fingerprint density at radius 2 is 2.00 bits per heavy atom. The molecular formula is C17H13ClN4O3S. The number of nitrogens with zero attached hydrogens (tertiary/aromatic N) is 4. The van der Waals surface area contributed by atoms with Gasteiger partial charge in [-0.15, -0.1) is 11.3 Å². The van der Waals surface area contributed by atoms with Gasteiger partial charge in [0.2, 0.25) is 0 Å². The molecule has 0 atom stereocenters. The number of anilines is 1. The zero-order valence-corrected chi connectivity index (χ0v) is 15.5. The number of thiophene rings is 1. The van der Waals surface area contributed by atoms with Gasteiger partial charge in [-0.25, -0.2) is 9.66 Å². The van der Waals surface area contributed by atoms with Crippen molar-refractivity contribution in [3.63, 3.8) is 0 Å². The van der Waals surface area contributed by atoms with Gasteiger partial charge in [-0.2, -0.15) is 0 Å². The second kappa shape index (κ2) is 5.93. The predicted molar refractivity (Wildman–Crippen MR) is 100 cm³/mol. The summed E-state index contributed by atoms with van der Waals surface area (Å²) in [5.41, 5.74) is -0.169. The van der Waals surface area contributed by atoms with E-state index in [1.807, 2.05) is 0 Å². The molecule has 1 aliphatic heterocycles. The van der Waals surface area contributed by atoms with Gasteiger partial charge >= 0.3 is 0 Å². The molecule has 0 bridgehead atoms. The second-order valence-electron chi connectivity index (χ2n) is 5.70. The van der Waals surface area contributed by atoms with E-state index in [1.54, 1.807) is 44.4 Å². The van der Waals surface area contributed by atoms with Crippen molar-refractivity contribution in [1.29, 1.82) is 0 Å². The molecule has 0 spiro atoms. The van der Waals surface area contributed by atoms with Gasteiger partial charge in [0.1, 0.15) is 16.2 Å². The number of hydrogen-bond donors (Lipinski definition) is 0. The van der Waals surface area contributed by atoms with Crippen LogP contribution in [0.1, 0.15) is 27.8 Å². The lowest BCUT2D eigenvalue weighted by molar-refractivity contribution is 0.0659. The Morgan fingerprint density at radius 1 is 1.23 bits per heavy atom. The molecular weight excluding hydrogens is 376 g/mol. The summed E-state index contributed by atoms with van der Waals surface area (Å²) in [5, 5.41) is 1.89. The van der Waals surface area contributed by atoms with Crippen LogP contribution in [0.2, 0.25) is 4.34 Å². The number of pyridine rings is 2. The van der Waals surface area contributed by atoms with Crippen LogP contribution in [0.4, 0.5) is 5.82 Å². The lowest BCUT2D eigenvalue weighted by Crippen LogP contribution is -2.40. The van der Waals surface area contributed by atoms with Crippen LogP contribution in [-0.2, 0) is 0 Å². The van der Waals surface area contributed by atoms with Crippen LogP contribution >= 0.6 is 22.9 Å². The fraction of sp³-hybridized carbons (Fsp3) is 0.176. The van der Waals surface area contributed by atoms with Gasteiger partial charge in [-0.3, -0.25) is 24.3 Å². The summed E-state index contributed by atoms with van der Waals surface area (Å²) in [5.74, 6) is -0.458. The molecule has 0 saturated heterocycles. The number of carbonyl (C=O) groups is 2. The third-order valence-corrected chi connectivity index (χ3v) is 5.56. The van der Waals surface area contributed by atoms with E-state index in [2.05, 4.69) is 4.98 Å². The first-order valence-electron chi connectivity index (χ1n) is 7.85. The van der Waals surface area contributed by atoms with E-state index in [1.165, 1.54) is 9.69 Å². The molecule has 26 heavy (non-hydrogen) atoms. The van der Waals surface area contributed by atoms with Gasteiger partial charge < -0.3 is 0 Å². The Morgan fingerprint density at radius 3 is 2.65 bits per heavy atom. The summed E-state index contributed by atoms with van der Waals surface area (Å²) < 4.78 is 1.92. The molecule has 4 heterocycles. The molecule has 132 valence electrons. The zero-order chi connectivity index (χ0) is 18.6. The van der Waals surface area contributed by atoms with Crippen molar-refractivity contribution in [3.8, 4) is 0 Å². The molecule has 1 aliphatic rings. The minimum atomic E-state index is -0.503. The number of rotatable bonds is 3. The molecule has 9 heteroatoms. The van der Waals surface area contributed by atoms with Crippen molar-refractivity contribution in [3.05, 3.63) is 56.4 Å². The van der Waals surface area contributed by atoms with Crippen molar-refractivity contribution in [1.82, 2.24) is 14.6 Å². The molecule has 3 aromatic rings. The van der Waals surface area contributed by atoms with Crippen molar-refractivity contribution in [2.24, 2.45) is 0 Å². The molecule has 0 saturated carbocycles. The summed E-state index contributed by atoms with van der Waals surface area (Å²) >= 11 is 7.18.